The van der Waals surface area contributed by atoms with Crippen molar-refractivity contribution in [3.05, 3.63) is 40.6 Å². The second kappa shape index (κ2) is 13.9. The molecule has 0 saturated carbocycles. The minimum Gasteiger partial charge on any atom is -0.494 e. The molecule has 1 aromatic heterocycles. The number of aromatic nitrogens is 2. The Hall–Kier alpha value is -2.74. The van der Waals surface area contributed by atoms with Crippen molar-refractivity contribution < 1.29 is 39.4 Å². The number of aliphatic hydroxyl groups excluding tert-OH is 4. The molecule has 1 fully saturated rings. The van der Waals surface area contributed by atoms with Gasteiger partial charge in [0.25, 0.3) is 0 Å². The van der Waals surface area contributed by atoms with Crippen LogP contribution in [0, 0.1) is 6.92 Å². The van der Waals surface area contributed by atoms with Gasteiger partial charge in [-0.25, -0.2) is 0 Å². The van der Waals surface area contributed by atoms with E-state index in [9.17, 15) is 25.2 Å². The van der Waals surface area contributed by atoms with Crippen LogP contribution in [0.2, 0.25) is 0 Å². The Morgan fingerprint density at radius 3 is 2.63 bits per heavy atom. The summed E-state index contributed by atoms with van der Waals surface area (Å²) in [5, 5.41) is 50.4. The lowest BCUT2D eigenvalue weighted by Gasteiger charge is -2.39. The van der Waals surface area contributed by atoms with E-state index in [4.69, 9.17) is 19.9 Å². The summed E-state index contributed by atoms with van der Waals surface area (Å²) in [5.74, 6) is 0.732. The maximum absolute atomic E-state index is 10.8. The van der Waals surface area contributed by atoms with Gasteiger partial charge in [0.1, 0.15) is 30.2 Å². The summed E-state index contributed by atoms with van der Waals surface area (Å²) in [5.41, 5.74) is 8.78. The van der Waals surface area contributed by atoms with Crippen LogP contribution in [0.1, 0.15) is 55.0 Å². The molecule has 2 heterocycles. The number of aliphatic hydroxyl groups is 4. The standard InChI is InChI=1S/C26H40N4O8/c1-14(2)21-18(25(30-29-21)38-26-24(35)23(34)22(33)19(13-31)37-26)12-16-5-6-17(11-15(16)3)36-10-4-8-28-9-7-20(27)32/h5-6,11,14,19,22-24,26,28,31,33-35H,4,7-10,12-13H2,1-3H3,(H2,27,32)(H,29,30)/t19-,22+,23+,24-,26?/m1/s1. The molecule has 1 unspecified atom stereocenters. The van der Waals surface area contributed by atoms with E-state index in [1.54, 1.807) is 0 Å². The summed E-state index contributed by atoms with van der Waals surface area (Å²) in [6, 6.07) is 5.84. The summed E-state index contributed by atoms with van der Waals surface area (Å²) in [6.45, 7) is 7.27. The summed E-state index contributed by atoms with van der Waals surface area (Å²) in [7, 11) is 0. The molecule has 0 spiro atoms. The van der Waals surface area contributed by atoms with Crippen LogP contribution in [0.3, 0.4) is 0 Å². The average molecular weight is 537 g/mol. The Morgan fingerprint density at radius 2 is 1.97 bits per heavy atom. The zero-order chi connectivity index (χ0) is 27.8. The molecule has 1 aliphatic rings. The van der Waals surface area contributed by atoms with E-state index in [1.165, 1.54) is 0 Å². The number of ether oxygens (including phenoxy) is 3. The van der Waals surface area contributed by atoms with Gasteiger partial charge in [0.2, 0.25) is 18.1 Å². The van der Waals surface area contributed by atoms with Crippen molar-refractivity contribution in [2.24, 2.45) is 5.73 Å². The monoisotopic (exact) mass is 536 g/mol. The number of carbonyl (C=O) groups excluding carboxylic acids is 1. The van der Waals surface area contributed by atoms with E-state index in [0.717, 1.165) is 41.1 Å². The number of aromatic amines is 1. The molecule has 12 nitrogen and oxygen atoms in total. The van der Waals surface area contributed by atoms with Gasteiger partial charge in [-0.1, -0.05) is 19.9 Å². The highest BCUT2D eigenvalue weighted by Gasteiger charge is 2.45. The highest BCUT2D eigenvalue weighted by molar-refractivity contribution is 5.73. The van der Waals surface area contributed by atoms with Crippen LogP contribution in [0.4, 0.5) is 0 Å². The minimum absolute atomic E-state index is 0.101. The first-order valence-electron chi connectivity index (χ1n) is 12.9. The molecule has 1 saturated heterocycles. The SMILES string of the molecule is Cc1cc(OCCCNCCC(N)=O)ccc1Cc1c(OC2O[C@H](CO)[C@H](O)[C@H](O)[C@H]2O)n[nH]c1C(C)C. The Bertz CT molecular complexity index is 1040. The van der Waals surface area contributed by atoms with E-state index < -0.39 is 37.3 Å². The van der Waals surface area contributed by atoms with Crippen molar-refractivity contribution in [1.29, 1.82) is 0 Å². The number of hydrogen-bond donors (Lipinski definition) is 7. The highest BCUT2D eigenvalue weighted by atomic mass is 16.7. The number of nitrogens with zero attached hydrogens (tertiary/aromatic N) is 1. The molecule has 0 radical (unpaired) electrons. The van der Waals surface area contributed by atoms with Gasteiger partial charge >= 0.3 is 0 Å². The van der Waals surface area contributed by atoms with Crippen molar-refractivity contribution in [3.8, 4) is 11.6 Å². The Morgan fingerprint density at radius 1 is 1.21 bits per heavy atom. The van der Waals surface area contributed by atoms with Crippen molar-refractivity contribution in [2.75, 3.05) is 26.3 Å². The van der Waals surface area contributed by atoms with Gasteiger partial charge in [0.05, 0.1) is 13.2 Å². The summed E-state index contributed by atoms with van der Waals surface area (Å²) in [6.07, 6.45) is -5.37. The molecule has 38 heavy (non-hydrogen) atoms. The predicted octanol–water partition coefficient (Wildman–Crippen LogP) is -0.155. The van der Waals surface area contributed by atoms with Gasteiger partial charge in [-0.2, -0.15) is 0 Å². The number of hydrogen-bond acceptors (Lipinski definition) is 10. The van der Waals surface area contributed by atoms with Crippen LogP contribution in [0.5, 0.6) is 11.6 Å². The Balaban J connectivity index is 1.66. The number of nitrogens with one attached hydrogen (secondary N) is 2. The average Bonchev–Trinajstić information content (AvgIpc) is 3.27. The first kappa shape index (κ1) is 29.8. The van der Waals surface area contributed by atoms with Crippen LogP contribution in [0.15, 0.2) is 18.2 Å². The number of H-pyrrole nitrogens is 1. The molecule has 1 amide bonds. The summed E-state index contributed by atoms with van der Waals surface area (Å²) < 4.78 is 17.2. The predicted molar refractivity (Wildman–Crippen MR) is 138 cm³/mol. The van der Waals surface area contributed by atoms with E-state index in [-0.39, 0.29) is 17.7 Å². The van der Waals surface area contributed by atoms with Gasteiger partial charge in [0, 0.05) is 30.6 Å². The molecule has 212 valence electrons. The largest absolute Gasteiger partial charge is 0.494 e. The van der Waals surface area contributed by atoms with E-state index >= 15 is 0 Å². The van der Waals surface area contributed by atoms with Gasteiger partial charge in [-0.3, -0.25) is 9.89 Å². The second-order valence-electron chi connectivity index (χ2n) is 9.82. The fourth-order valence-corrected chi connectivity index (χ4v) is 4.25. The molecule has 3 rings (SSSR count). The third kappa shape index (κ3) is 7.65. The number of amides is 1. The molecule has 8 N–H and O–H groups in total. The number of benzene rings is 1. The first-order valence-corrected chi connectivity index (χ1v) is 12.9. The normalized spacial score (nSPS) is 23.5. The van der Waals surface area contributed by atoms with Crippen LogP contribution < -0.4 is 20.5 Å². The maximum Gasteiger partial charge on any atom is 0.238 e. The molecule has 2 aromatic rings. The van der Waals surface area contributed by atoms with Gasteiger partial charge in [-0.15, -0.1) is 5.10 Å². The lowest BCUT2D eigenvalue weighted by molar-refractivity contribution is -0.278. The Kier molecular flexibility index (Phi) is 10.9. The van der Waals surface area contributed by atoms with Crippen molar-refractivity contribution >= 4 is 5.91 Å². The summed E-state index contributed by atoms with van der Waals surface area (Å²) in [4.78, 5) is 10.8. The zero-order valence-electron chi connectivity index (χ0n) is 22.1. The minimum atomic E-state index is -1.54. The van der Waals surface area contributed by atoms with Crippen molar-refractivity contribution in [3.63, 3.8) is 0 Å². The van der Waals surface area contributed by atoms with Gasteiger partial charge < -0.3 is 45.7 Å². The number of nitrogens with two attached hydrogens (primary N) is 1. The van der Waals surface area contributed by atoms with Crippen LogP contribution in [0.25, 0.3) is 0 Å². The lowest BCUT2D eigenvalue weighted by atomic mass is 9.96. The second-order valence-corrected chi connectivity index (χ2v) is 9.82. The number of primary amides is 1. The van der Waals surface area contributed by atoms with Crippen LogP contribution in [-0.2, 0) is 16.0 Å². The van der Waals surface area contributed by atoms with Gasteiger partial charge in [-0.05, 0) is 49.1 Å². The van der Waals surface area contributed by atoms with E-state index in [0.29, 0.717) is 26.0 Å². The van der Waals surface area contributed by atoms with E-state index in [1.807, 2.05) is 39.0 Å². The molecule has 1 aliphatic heterocycles. The summed E-state index contributed by atoms with van der Waals surface area (Å²) >= 11 is 0. The van der Waals surface area contributed by atoms with Crippen molar-refractivity contribution in [2.45, 2.75) is 76.7 Å². The molecule has 5 atom stereocenters. The Labute approximate surface area is 222 Å². The number of aryl methyl sites for hydroxylation is 1. The maximum atomic E-state index is 10.8. The zero-order valence-corrected chi connectivity index (χ0v) is 22.1. The lowest BCUT2D eigenvalue weighted by Crippen LogP contribution is -2.60. The molecule has 1 aromatic carbocycles. The first-order chi connectivity index (χ1) is 18.1. The molecule has 0 bridgehead atoms. The fraction of sp³-hybridized carbons (Fsp3) is 0.615. The topological polar surface area (TPSA) is 192 Å². The highest BCUT2D eigenvalue weighted by Crippen LogP contribution is 2.32. The third-order valence-corrected chi connectivity index (χ3v) is 6.51. The smallest absolute Gasteiger partial charge is 0.238 e. The number of rotatable bonds is 14. The van der Waals surface area contributed by atoms with E-state index in [2.05, 4.69) is 15.5 Å². The van der Waals surface area contributed by atoms with Crippen LogP contribution in [-0.4, -0.2) is 93.5 Å². The fourth-order valence-electron chi connectivity index (χ4n) is 4.25. The number of carbonyl (C=O) groups is 1. The van der Waals surface area contributed by atoms with Crippen LogP contribution >= 0.6 is 0 Å². The van der Waals surface area contributed by atoms with Gasteiger partial charge in [0.15, 0.2) is 0 Å². The van der Waals surface area contributed by atoms with Crippen molar-refractivity contribution in [1.82, 2.24) is 15.5 Å². The molecular formula is C26H40N4O8. The molecule has 12 heteroatoms. The molecule has 0 aliphatic carbocycles. The third-order valence-electron chi connectivity index (χ3n) is 6.51. The quantitative estimate of drug-likeness (QED) is 0.160. The molecular weight excluding hydrogens is 496 g/mol.